The summed E-state index contributed by atoms with van der Waals surface area (Å²) in [5.74, 6) is 133. The lowest BCUT2D eigenvalue weighted by atomic mass is 9.81. The maximum atomic E-state index is 4.98. The maximum Gasteiger partial charge on any atom is 0.243 e. The van der Waals surface area contributed by atoms with E-state index < -0.39 is 0 Å². The SMILES string of the molecule is C#CC#CC#CC#CC#CC#CC#CC#CC#CC#CC#CC#CC#CC#CN1/C(=C/C=C/C=C/C2=[N+](C#CC#CC#CC#CC#CC#CC#CC#CC#CC#CC#CC#CC#CC#C)c3ccccc3C2(C)C)C(C)(C)c2ccccc21. The van der Waals surface area contributed by atoms with Crippen molar-refractivity contribution in [2.75, 3.05) is 4.90 Å². The van der Waals surface area contributed by atoms with Gasteiger partial charge in [0.05, 0.1) is 17.0 Å². The van der Waals surface area contributed by atoms with Crippen LogP contribution in [0.15, 0.2) is 84.6 Å². The van der Waals surface area contributed by atoms with E-state index in [0.717, 1.165) is 33.9 Å². The molecule has 83 heavy (non-hydrogen) atoms. The van der Waals surface area contributed by atoms with Crippen molar-refractivity contribution in [3.63, 3.8) is 0 Å². The van der Waals surface area contributed by atoms with E-state index in [1.54, 1.807) is 0 Å². The Morgan fingerprint density at radius 1 is 0.337 bits per heavy atom. The summed E-state index contributed by atoms with van der Waals surface area (Å²) in [6.45, 7) is 8.67. The van der Waals surface area contributed by atoms with Crippen LogP contribution in [-0.4, -0.2) is 10.3 Å². The van der Waals surface area contributed by atoms with Crippen LogP contribution in [0.2, 0.25) is 0 Å². The van der Waals surface area contributed by atoms with E-state index in [-0.39, 0.29) is 10.8 Å². The lowest BCUT2D eigenvalue weighted by molar-refractivity contribution is -0.332. The summed E-state index contributed by atoms with van der Waals surface area (Å²) >= 11 is 0. The Hall–Kier alpha value is -15.2. The zero-order valence-corrected chi connectivity index (χ0v) is 44.6. The van der Waals surface area contributed by atoms with Gasteiger partial charge in [0.25, 0.3) is 0 Å². The Morgan fingerprint density at radius 3 is 1.02 bits per heavy atom. The van der Waals surface area contributed by atoms with Gasteiger partial charge in [-0.15, -0.1) is 17.4 Å². The largest absolute Gasteiger partial charge is 0.272 e. The molecule has 0 N–H and O–H groups in total. The predicted octanol–water partition coefficient (Wildman–Crippen LogP) is 6.13. The van der Waals surface area contributed by atoms with E-state index in [2.05, 4.69) is 372 Å². The van der Waals surface area contributed by atoms with Crippen LogP contribution >= 0.6 is 0 Å². The van der Waals surface area contributed by atoms with Crippen molar-refractivity contribution in [3.8, 4) is 333 Å². The Bertz CT molecular complexity index is 5150. The zero-order chi connectivity index (χ0) is 59.0. The number of fused-ring (bicyclic) bond motifs is 2. The fourth-order valence-electron chi connectivity index (χ4n) is 6.33. The summed E-state index contributed by atoms with van der Waals surface area (Å²) in [5.41, 5.74) is 5.52. The van der Waals surface area contributed by atoms with Crippen LogP contribution in [0.25, 0.3) is 0 Å². The Labute approximate surface area is 490 Å². The molecule has 0 fully saturated rings. The molecule has 2 aliphatic heterocycles. The lowest BCUT2D eigenvalue weighted by Gasteiger charge is -2.22. The van der Waals surface area contributed by atoms with Crippen LogP contribution in [0, 0.1) is 333 Å². The average molecular weight is 1030 g/mol. The third-order valence-corrected chi connectivity index (χ3v) is 9.61. The summed E-state index contributed by atoms with van der Waals surface area (Å²) in [4.78, 5) is 1.96. The van der Waals surface area contributed by atoms with Gasteiger partial charge in [0.15, 0.2) is 0 Å². The van der Waals surface area contributed by atoms with Crippen LogP contribution in [0.3, 0.4) is 0 Å². The van der Waals surface area contributed by atoms with Gasteiger partial charge in [0.1, 0.15) is 0 Å². The minimum absolute atomic E-state index is 0.344. The number of rotatable bonds is 3. The van der Waals surface area contributed by atoms with Gasteiger partial charge in [-0.25, -0.2) is 0 Å². The predicted molar refractivity (Wildman–Crippen MR) is 333 cm³/mol. The van der Waals surface area contributed by atoms with Gasteiger partial charge in [0, 0.05) is 242 Å². The Morgan fingerprint density at radius 2 is 0.651 bits per heavy atom. The fraction of sp³-hybridized carbons (Fsp3) is 0.0741. The summed E-state index contributed by atoms with van der Waals surface area (Å²) < 4.78 is 1.96. The van der Waals surface area contributed by atoms with Crippen molar-refractivity contribution in [1.82, 2.24) is 0 Å². The zero-order valence-electron chi connectivity index (χ0n) is 44.6. The van der Waals surface area contributed by atoms with E-state index in [9.17, 15) is 0 Å². The summed E-state index contributed by atoms with van der Waals surface area (Å²) in [7, 11) is 0. The average Bonchev–Trinajstić information content (AvgIpc) is 4.11. The summed E-state index contributed by atoms with van der Waals surface area (Å²) in [5, 5.41) is 0. The van der Waals surface area contributed by atoms with Gasteiger partial charge in [-0.05, 0) is 126 Å². The molecule has 2 aliphatic rings. The van der Waals surface area contributed by atoms with Crippen LogP contribution in [0.5, 0.6) is 0 Å². The highest BCUT2D eigenvalue weighted by molar-refractivity contribution is 6.03. The number of allylic oxidation sites excluding steroid dienone is 6. The molecule has 2 nitrogen and oxygen atoms in total. The second-order valence-electron chi connectivity index (χ2n) is 15.4. The molecule has 360 valence electrons. The molecule has 0 radical (unpaired) electrons. The number of benzene rings is 2. The smallest absolute Gasteiger partial charge is 0.243 e. The van der Waals surface area contributed by atoms with Crippen molar-refractivity contribution in [2.45, 2.75) is 38.5 Å². The second kappa shape index (κ2) is 37.5. The first-order valence-corrected chi connectivity index (χ1v) is 23.5. The minimum atomic E-state index is -0.344. The highest BCUT2D eigenvalue weighted by Gasteiger charge is 2.44. The number of nitrogens with zero attached hydrogens (tertiary/aromatic N) is 2. The summed E-state index contributed by atoms with van der Waals surface area (Å²) in [6.07, 6.45) is 20.1. The topological polar surface area (TPSA) is 6.25 Å². The molecule has 0 atom stereocenters. The first kappa shape index (κ1) is 60.4. The van der Waals surface area contributed by atoms with E-state index in [0.29, 0.717) is 0 Å². The van der Waals surface area contributed by atoms with Gasteiger partial charge < -0.3 is 0 Å². The third kappa shape index (κ3) is 22.9. The molecule has 0 aliphatic carbocycles. The Balaban J connectivity index is 1.38. The molecule has 2 heterocycles. The molecule has 0 saturated heterocycles. The standard InChI is InChI=1S/C81H27N2/c1-7-9-11-13-15-17-19-21-23-25-27-29-31-33-35-37-39-41-43-45-47-49-51-53-55-64-72-82-76-68-62-60-66-74(76)80(3,4)78(82)70-58-57-59-71-79-81(5,6)75-67-61-63-69-77(75)83(79)73-65-56-54-52-50-48-46-44-42-40-38-36-34-32-30-28-26-24-22-20-18-16-14-12-10-8-2/h1-2,57-63,66-71H,3-6H3/q+1. The molecule has 0 spiro atoms. The minimum Gasteiger partial charge on any atom is -0.272 e. The molecule has 2 aromatic carbocycles. The van der Waals surface area contributed by atoms with E-state index in [1.165, 1.54) is 0 Å². The highest BCUT2D eigenvalue weighted by Crippen LogP contribution is 2.47. The van der Waals surface area contributed by atoms with Gasteiger partial charge in [0.2, 0.25) is 17.4 Å². The van der Waals surface area contributed by atoms with Crippen molar-refractivity contribution >= 4 is 17.1 Å². The van der Waals surface area contributed by atoms with E-state index >= 15 is 0 Å². The van der Waals surface area contributed by atoms with Crippen molar-refractivity contribution in [2.24, 2.45) is 0 Å². The van der Waals surface area contributed by atoms with Gasteiger partial charge in [-0.3, -0.25) is 4.90 Å². The van der Waals surface area contributed by atoms with Crippen molar-refractivity contribution in [1.29, 1.82) is 0 Å². The van der Waals surface area contributed by atoms with Crippen molar-refractivity contribution < 1.29 is 4.58 Å². The molecule has 0 bridgehead atoms. The monoisotopic (exact) mass is 1030 g/mol. The number of hydrogen-bond donors (Lipinski definition) is 0. The molecule has 0 saturated carbocycles. The lowest BCUT2D eigenvalue weighted by Crippen LogP contribution is -2.26. The normalized spacial score (nSPS) is 9.86. The van der Waals surface area contributed by atoms with Gasteiger partial charge in [-0.1, -0.05) is 68.5 Å². The van der Waals surface area contributed by atoms with Gasteiger partial charge in [-0.2, -0.15) is 0 Å². The first-order valence-electron chi connectivity index (χ1n) is 23.5. The number of hydrogen-bond acceptors (Lipinski definition) is 1. The number of terminal acetylenes is 2. The number of anilines is 1. The Kier molecular flexibility index (Phi) is 27.3. The third-order valence-electron chi connectivity index (χ3n) is 9.61. The van der Waals surface area contributed by atoms with Crippen molar-refractivity contribution in [3.05, 3.63) is 95.7 Å². The van der Waals surface area contributed by atoms with E-state index in [4.69, 9.17) is 12.8 Å². The highest BCUT2D eigenvalue weighted by atomic mass is 15.2. The molecular weight excluding hydrogens is 1000 g/mol. The van der Waals surface area contributed by atoms with Crippen LogP contribution in [0.1, 0.15) is 38.8 Å². The molecule has 0 aromatic heterocycles. The van der Waals surface area contributed by atoms with Crippen LogP contribution < -0.4 is 4.90 Å². The van der Waals surface area contributed by atoms with Gasteiger partial charge >= 0.3 is 0 Å². The van der Waals surface area contributed by atoms with Crippen LogP contribution in [-0.2, 0) is 10.8 Å². The fourth-order valence-corrected chi connectivity index (χ4v) is 6.33. The number of para-hydroxylation sites is 2. The molecule has 2 heteroatoms. The molecule has 4 rings (SSSR count). The maximum absolute atomic E-state index is 4.98. The second-order valence-corrected chi connectivity index (χ2v) is 15.4. The van der Waals surface area contributed by atoms with Crippen LogP contribution in [0.4, 0.5) is 11.4 Å². The molecular formula is C81H27N2+. The van der Waals surface area contributed by atoms with E-state index in [1.807, 2.05) is 64.1 Å². The molecule has 0 amide bonds. The summed E-state index contributed by atoms with van der Waals surface area (Å²) in [6, 6.07) is 22.7. The molecule has 0 unspecified atom stereocenters. The quantitative estimate of drug-likeness (QED) is 0.204. The first-order chi connectivity index (χ1) is 40.8. The molecule has 2 aromatic rings.